The van der Waals surface area contributed by atoms with E-state index in [2.05, 4.69) is 30.5 Å². The highest BCUT2D eigenvalue weighted by molar-refractivity contribution is 5.95. The fourth-order valence-corrected chi connectivity index (χ4v) is 3.73. The molecule has 2 heterocycles. The average molecular weight is 342 g/mol. The summed E-state index contributed by atoms with van der Waals surface area (Å²) in [5.41, 5.74) is 3.23. The lowest BCUT2D eigenvalue weighted by atomic mass is 10.0. The first kappa shape index (κ1) is 17.4. The third-order valence-corrected chi connectivity index (χ3v) is 5.07. The summed E-state index contributed by atoms with van der Waals surface area (Å²) in [5.74, 6) is 1.28. The van der Waals surface area contributed by atoms with Gasteiger partial charge in [-0.25, -0.2) is 0 Å². The van der Waals surface area contributed by atoms with Crippen LogP contribution in [-0.4, -0.2) is 42.7 Å². The number of rotatable bonds is 4. The number of piperidine rings is 1. The maximum atomic E-state index is 12.8. The second-order valence-corrected chi connectivity index (χ2v) is 6.58. The summed E-state index contributed by atoms with van der Waals surface area (Å²) in [7, 11) is 3.18. The Kier molecular flexibility index (Phi) is 5.02. The van der Waals surface area contributed by atoms with Gasteiger partial charge in [0.1, 0.15) is 0 Å². The van der Waals surface area contributed by atoms with Gasteiger partial charge in [0.2, 0.25) is 0 Å². The zero-order valence-electron chi connectivity index (χ0n) is 15.4. The van der Waals surface area contributed by atoms with Gasteiger partial charge in [-0.05, 0) is 57.0 Å². The summed E-state index contributed by atoms with van der Waals surface area (Å²) < 4.78 is 13.0. The van der Waals surface area contributed by atoms with Crippen molar-refractivity contribution >= 4 is 5.91 Å². The summed E-state index contributed by atoms with van der Waals surface area (Å²) in [5, 5.41) is 0. The van der Waals surface area contributed by atoms with Gasteiger partial charge in [0.05, 0.1) is 14.2 Å². The van der Waals surface area contributed by atoms with Gasteiger partial charge in [-0.3, -0.25) is 4.79 Å². The van der Waals surface area contributed by atoms with E-state index in [1.54, 1.807) is 32.4 Å². The molecule has 1 fully saturated rings. The van der Waals surface area contributed by atoms with Crippen molar-refractivity contribution < 1.29 is 14.3 Å². The minimum absolute atomic E-state index is 0.0559. The van der Waals surface area contributed by atoms with Crippen LogP contribution in [0.3, 0.4) is 0 Å². The summed E-state index contributed by atoms with van der Waals surface area (Å²) in [6.45, 7) is 5.84. The topological polar surface area (TPSA) is 43.7 Å². The van der Waals surface area contributed by atoms with Crippen molar-refractivity contribution in [3.63, 3.8) is 0 Å². The highest BCUT2D eigenvalue weighted by Crippen LogP contribution is 2.30. The van der Waals surface area contributed by atoms with E-state index in [9.17, 15) is 4.79 Å². The number of aryl methyl sites for hydroxylation is 2. The molecule has 2 aromatic rings. The van der Waals surface area contributed by atoms with Crippen LogP contribution in [-0.2, 0) is 0 Å². The van der Waals surface area contributed by atoms with Crippen LogP contribution in [0.1, 0.15) is 40.6 Å². The third-order valence-electron chi connectivity index (χ3n) is 5.07. The van der Waals surface area contributed by atoms with Crippen molar-refractivity contribution in [1.82, 2.24) is 9.47 Å². The van der Waals surface area contributed by atoms with Crippen LogP contribution in [0.2, 0.25) is 0 Å². The summed E-state index contributed by atoms with van der Waals surface area (Å²) in [6.07, 6.45) is 1.96. The zero-order chi connectivity index (χ0) is 18.0. The van der Waals surface area contributed by atoms with Gasteiger partial charge >= 0.3 is 0 Å². The number of likely N-dealkylation sites (tertiary alicyclic amines) is 1. The fraction of sp³-hybridized carbons (Fsp3) is 0.450. The molecular formula is C20H26N2O3. The van der Waals surface area contributed by atoms with Crippen molar-refractivity contribution in [2.45, 2.75) is 32.7 Å². The highest BCUT2D eigenvalue weighted by atomic mass is 16.5. The number of aromatic nitrogens is 1. The normalized spacial score (nSPS) is 15.3. The molecule has 3 rings (SSSR count). The number of methoxy groups -OCH3 is 2. The molecule has 0 aliphatic carbocycles. The van der Waals surface area contributed by atoms with Crippen molar-refractivity contribution in [1.29, 1.82) is 0 Å². The summed E-state index contributed by atoms with van der Waals surface area (Å²) in [4.78, 5) is 14.8. The van der Waals surface area contributed by atoms with Gasteiger partial charge in [0.15, 0.2) is 11.5 Å². The number of hydrogen-bond acceptors (Lipinski definition) is 3. The molecule has 25 heavy (non-hydrogen) atoms. The van der Waals surface area contributed by atoms with Crippen molar-refractivity contribution in [3.05, 3.63) is 47.3 Å². The molecule has 1 aromatic heterocycles. The van der Waals surface area contributed by atoms with Crippen LogP contribution >= 0.6 is 0 Å². The lowest BCUT2D eigenvalue weighted by molar-refractivity contribution is 0.0693. The molecule has 0 N–H and O–H groups in total. The molecule has 5 heteroatoms. The molecule has 0 bridgehead atoms. The molecule has 1 aliphatic rings. The van der Waals surface area contributed by atoms with E-state index >= 15 is 0 Å². The van der Waals surface area contributed by atoms with Gasteiger partial charge < -0.3 is 18.9 Å². The molecule has 0 radical (unpaired) electrons. The van der Waals surface area contributed by atoms with Crippen LogP contribution in [0, 0.1) is 13.8 Å². The van der Waals surface area contributed by atoms with Crippen LogP contribution in [0.25, 0.3) is 0 Å². The van der Waals surface area contributed by atoms with E-state index in [0.717, 1.165) is 25.9 Å². The van der Waals surface area contributed by atoms with Crippen LogP contribution in [0.4, 0.5) is 0 Å². The maximum Gasteiger partial charge on any atom is 0.253 e. The maximum absolute atomic E-state index is 12.8. The first-order chi connectivity index (χ1) is 12.0. The molecule has 134 valence electrons. The number of benzene rings is 1. The quantitative estimate of drug-likeness (QED) is 0.853. The predicted molar refractivity (Wildman–Crippen MR) is 97.6 cm³/mol. The Labute approximate surface area is 149 Å². The number of carbonyl (C=O) groups is 1. The summed E-state index contributed by atoms with van der Waals surface area (Å²) >= 11 is 0. The molecule has 1 aliphatic heterocycles. The average Bonchev–Trinajstić information content (AvgIpc) is 2.99. The molecule has 0 saturated carbocycles. The van der Waals surface area contributed by atoms with Crippen LogP contribution in [0.15, 0.2) is 30.3 Å². The van der Waals surface area contributed by atoms with E-state index in [1.807, 2.05) is 4.90 Å². The van der Waals surface area contributed by atoms with Gasteiger partial charge in [0, 0.05) is 36.1 Å². The lowest BCUT2D eigenvalue weighted by Crippen LogP contribution is -2.39. The number of amides is 1. The van der Waals surface area contributed by atoms with E-state index in [0.29, 0.717) is 23.1 Å². The monoisotopic (exact) mass is 342 g/mol. The van der Waals surface area contributed by atoms with E-state index < -0.39 is 0 Å². The third kappa shape index (κ3) is 3.36. The fourth-order valence-electron chi connectivity index (χ4n) is 3.73. The lowest BCUT2D eigenvalue weighted by Gasteiger charge is -2.34. The first-order valence-electron chi connectivity index (χ1n) is 8.71. The van der Waals surface area contributed by atoms with Gasteiger partial charge in [0.25, 0.3) is 5.91 Å². The Bertz CT molecular complexity index is 739. The van der Waals surface area contributed by atoms with E-state index in [1.165, 1.54) is 11.4 Å². The van der Waals surface area contributed by atoms with Crippen molar-refractivity contribution in [3.8, 4) is 11.5 Å². The molecule has 1 aromatic carbocycles. The molecule has 1 amide bonds. The number of nitrogens with zero attached hydrogens (tertiary/aromatic N) is 2. The number of hydrogen-bond donors (Lipinski definition) is 0. The highest BCUT2D eigenvalue weighted by Gasteiger charge is 2.26. The van der Waals surface area contributed by atoms with Gasteiger partial charge in [-0.2, -0.15) is 0 Å². The van der Waals surface area contributed by atoms with Crippen LogP contribution in [0.5, 0.6) is 11.5 Å². The Morgan fingerprint density at radius 3 is 2.12 bits per heavy atom. The Morgan fingerprint density at radius 1 is 0.960 bits per heavy atom. The second-order valence-electron chi connectivity index (χ2n) is 6.58. The van der Waals surface area contributed by atoms with Crippen molar-refractivity contribution in [2.75, 3.05) is 27.3 Å². The van der Waals surface area contributed by atoms with Crippen LogP contribution < -0.4 is 9.47 Å². The number of carbonyl (C=O) groups excluding carboxylic acids is 1. The van der Waals surface area contributed by atoms with E-state index in [-0.39, 0.29) is 5.91 Å². The Morgan fingerprint density at radius 2 is 1.56 bits per heavy atom. The minimum Gasteiger partial charge on any atom is -0.493 e. The second kappa shape index (κ2) is 7.21. The zero-order valence-corrected chi connectivity index (χ0v) is 15.4. The van der Waals surface area contributed by atoms with E-state index in [4.69, 9.17) is 9.47 Å². The molecule has 0 unspecified atom stereocenters. The SMILES string of the molecule is COc1ccc(C(=O)N2CCC(n3c(C)ccc3C)CC2)cc1OC. The smallest absolute Gasteiger partial charge is 0.253 e. The molecule has 0 spiro atoms. The molecule has 0 atom stereocenters. The molecule has 5 nitrogen and oxygen atoms in total. The summed E-state index contributed by atoms with van der Waals surface area (Å²) in [6, 6.07) is 10.1. The Hall–Kier alpha value is -2.43. The standard InChI is InChI=1S/C20H26N2O3/c1-14-5-6-15(2)22(14)17-9-11-21(12-10-17)20(23)16-7-8-18(24-3)19(13-16)25-4/h5-8,13,17H,9-12H2,1-4H3. The predicted octanol–water partition coefficient (Wildman–Crippen LogP) is 3.60. The first-order valence-corrected chi connectivity index (χ1v) is 8.71. The van der Waals surface area contributed by atoms with Crippen molar-refractivity contribution in [2.24, 2.45) is 0 Å². The van der Waals surface area contributed by atoms with Gasteiger partial charge in [-0.1, -0.05) is 0 Å². The van der Waals surface area contributed by atoms with Gasteiger partial charge in [-0.15, -0.1) is 0 Å². The largest absolute Gasteiger partial charge is 0.493 e. The number of ether oxygens (including phenoxy) is 2. The Balaban J connectivity index is 1.69. The molecular weight excluding hydrogens is 316 g/mol. The molecule has 1 saturated heterocycles. The minimum atomic E-state index is 0.0559.